The highest BCUT2D eigenvalue weighted by molar-refractivity contribution is 5.82. The maximum atomic E-state index is 13.0. The fourth-order valence-electron chi connectivity index (χ4n) is 5.76. The number of ether oxygens (including phenoxy) is 4. The van der Waals surface area contributed by atoms with Gasteiger partial charge in [0.05, 0.1) is 11.0 Å². The van der Waals surface area contributed by atoms with Crippen LogP contribution in [0, 0.1) is 5.41 Å². The number of aromatic nitrogens is 3. The third-order valence-electron chi connectivity index (χ3n) is 9.01. The largest absolute Gasteiger partial charge is 0.507 e. The van der Waals surface area contributed by atoms with Crippen LogP contribution in [0.3, 0.4) is 0 Å². The number of esters is 3. The summed E-state index contributed by atoms with van der Waals surface area (Å²) < 4.78 is 21.6. The van der Waals surface area contributed by atoms with Crippen molar-refractivity contribution in [2.45, 2.75) is 20.0 Å². The van der Waals surface area contributed by atoms with E-state index in [-0.39, 0.29) is 37.1 Å². The molecule has 0 saturated carbocycles. The number of hydrogen-bond donors (Lipinski definition) is 1. The van der Waals surface area contributed by atoms with E-state index in [1.165, 1.54) is 13.0 Å². The molecule has 0 saturated heterocycles. The molecule has 5 aromatic carbocycles. The van der Waals surface area contributed by atoms with Gasteiger partial charge in [-0.2, -0.15) is 0 Å². The molecule has 0 amide bonds. The second-order valence-electron chi connectivity index (χ2n) is 13.7. The highest BCUT2D eigenvalue weighted by Gasteiger charge is 2.31. The summed E-state index contributed by atoms with van der Waals surface area (Å²) >= 11 is 0. The minimum Gasteiger partial charge on any atom is -0.507 e. The molecule has 0 aliphatic heterocycles. The smallest absolute Gasteiger partial charge is 0.347 e. The monoisotopic (exact) mass is 775 g/mol. The molecule has 1 atom stereocenters. The van der Waals surface area contributed by atoms with Gasteiger partial charge in [0.2, 0.25) is 0 Å². The van der Waals surface area contributed by atoms with Crippen LogP contribution in [0.25, 0.3) is 56.4 Å². The van der Waals surface area contributed by atoms with Gasteiger partial charge in [0.1, 0.15) is 31.3 Å². The Balaban J connectivity index is 1.23. The second-order valence-corrected chi connectivity index (χ2v) is 13.7. The summed E-state index contributed by atoms with van der Waals surface area (Å²) in [5.74, 6) is -1.09. The molecular formula is C47H41N3O8. The lowest BCUT2D eigenvalue weighted by Gasteiger charge is -2.28. The zero-order valence-corrected chi connectivity index (χ0v) is 32.0. The lowest BCUT2D eigenvalue weighted by molar-refractivity contribution is -0.161. The third-order valence-corrected chi connectivity index (χ3v) is 9.01. The molecule has 0 aliphatic rings. The van der Waals surface area contributed by atoms with Crippen molar-refractivity contribution in [3.8, 4) is 67.9 Å². The fraction of sp³-hybridized carbons (Fsp3) is 0.149. The Hall–Kier alpha value is -7.40. The molecule has 0 radical (unpaired) electrons. The van der Waals surface area contributed by atoms with Gasteiger partial charge in [-0.1, -0.05) is 122 Å². The van der Waals surface area contributed by atoms with Crippen LogP contribution in [-0.2, 0) is 28.6 Å². The summed E-state index contributed by atoms with van der Waals surface area (Å²) in [6.45, 7) is 9.12. The first kappa shape index (κ1) is 40.3. The minimum absolute atomic E-state index is 0.177. The van der Waals surface area contributed by atoms with Gasteiger partial charge in [0, 0.05) is 29.3 Å². The predicted octanol–water partition coefficient (Wildman–Crippen LogP) is 8.69. The van der Waals surface area contributed by atoms with Gasteiger partial charge in [0.15, 0.2) is 23.6 Å². The van der Waals surface area contributed by atoms with Gasteiger partial charge < -0.3 is 24.1 Å². The van der Waals surface area contributed by atoms with Crippen molar-refractivity contribution >= 4 is 17.9 Å². The van der Waals surface area contributed by atoms with Gasteiger partial charge >= 0.3 is 17.9 Å². The Kier molecular flexibility index (Phi) is 12.8. The molecule has 1 N–H and O–H groups in total. The highest BCUT2D eigenvalue weighted by atomic mass is 16.6. The van der Waals surface area contributed by atoms with E-state index in [9.17, 15) is 19.5 Å². The van der Waals surface area contributed by atoms with Crippen LogP contribution in [0.15, 0.2) is 153 Å². The van der Waals surface area contributed by atoms with Gasteiger partial charge in [-0.25, -0.2) is 29.3 Å². The second kappa shape index (κ2) is 18.5. The molecule has 1 heterocycles. The molecule has 0 bridgehead atoms. The van der Waals surface area contributed by atoms with Gasteiger partial charge in [-0.05, 0) is 48.2 Å². The van der Waals surface area contributed by atoms with E-state index < -0.39 is 29.4 Å². The molecule has 11 heteroatoms. The molecule has 6 rings (SSSR count). The standard InChI is InChI=1S/C47H41N3O8/c1-5-41(52)55-28-47(4,29-56-42(53)6-2)30-57-46(54)31(3)58-38-25-26-39(40(51)27-38)45-49-43(36-21-17-34(18-22-36)32-13-9-7-10-14-32)48-44(50-45)37-23-19-35(20-24-37)33-15-11-8-12-16-33/h5-27,31,51H,1-2,28-30H2,3-4H3. The number of carbonyl (C=O) groups is 3. The first-order chi connectivity index (χ1) is 28.0. The van der Waals surface area contributed by atoms with Crippen LogP contribution in [0.5, 0.6) is 11.5 Å². The number of phenolic OH excluding ortho intramolecular Hbond substituents is 1. The van der Waals surface area contributed by atoms with E-state index >= 15 is 0 Å². The molecular weight excluding hydrogens is 735 g/mol. The summed E-state index contributed by atoms with van der Waals surface area (Å²) in [4.78, 5) is 50.8. The van der Waals surface area contributed by atoms with Crippen molar-refractivity contribution in [2.24, 2.45) is 5.41 Å². The molecule has 6 aromatic rings. The van der Waals surface area contributed by atoms with Gasteiger partial charge in [0.25, 0.3) is 0 Å². The van der Waals surface area contributed by atoms with Crippen molar-refractivity contribution in [1.29, 1.82) is 0 Å². The van der Waals surface area contributed by atoms with Crippen LogP contribution in [0.1, 0.15) is 13.8 Å². The average Bonchev–Trinajstić information content (AvgIpc) is 3.27. The molecule has 0 aliphatic carbocycles. The predicted molar refractivity (Wildman–Crippen MR) is 220 cm³/mol. The Morgan fingerprint density at radius 2 is 1.02 bits per heavy atom. The van der Waals surface area contributed by atoms with Crippen molar-refractivity contribution in [2.75, 3.05) is 19.8 Å². The number of rotatable bonds is 16. The Bertz CT molecular complexity index is 2280. The molecule has 1 unspecified atom stereocenters. The maximum Gasteiger partial charge on any atom is 0.347 e. The average molecular weight is 776 g/mol. The summed E-state index contributed by atoms with van der Waals surface area (Å²) in [6.07, 6.45) is 0.869. The van der Waals surface area contributed by atoms with Crippen molar-refractivity contribution in [3.63, 3.8) is 0 Å². The molecule has 58 heavy (non-hydrogen) atoms. The van der Waals surface area contributed by atoms with Crippen molar-refractivity contribution < 1.29 is 38.4 Å². The van der Waals surface area contributed by atoms with Gasteiger partial charge in [-0.15, -0.1) is 0 Å². The van der Waals surface area contributed by atoms with Crippen LogP contribution in [-0.4, -0.2) is 63.9 Å². The van der Waals surface area contributed by atoms with Crippen LogP contribution < -0.4 is 4.74 Å². The van der Waals surface area contributed by atoms with Crippen LogP contribution in [0.4, 0.5) is 0 Å². The topological polar surface area (TPSA) is 147 Å². The quantitative estimate of drug-likeness (QED) is 0.0572. The van der Waals surface area contributed by atoms with E-state index in [0.29, 0.717) is 17.2 Å². The minimum atomic E-state index is -1.12. The summed E-state index contributed by atoms with van der Waals surface area (Å²) in [7, 11) is 0. The van der Waals surface area contributed by atoms with E-state index in [4.69, 9.17) is 33.9 Å². The number of aromatic hydroxyl groups is 1. The Labute approximate surface area is 336 Å². The van der Waals surface area contributed by atoms with Crippen molar-refractivity contribution in [1.82, 2.24) is 15.0 Å². The Morgan fingerprint density at radius 1 is 0.603 bits per heavy atom. The van der Waals surface area contributed by atoms with Crippen LogP contribution >= 0.6 is 0 Å². The van der Waals surface area contributed by atoms with E-state index in [2.05, 4.69) is 13.2 Å². The summed E-state index contributed by atoms with van der Waals surface area (Å²) in [5.41, 5.74) is 4.98. The maximum absolute atomic E-state index is 13.0. The fourth-order valence-corrected chi connectivity index (χ4v) is 5.76. The molecule has 11 nitrogen and oxygen atoms in total. The normalized spacial score (nSPS) is 11.5. The van der Waals surface area contributed by atoms with E-state index in [1.54, 1.807) is 19.1 Å². The zero-order chi connectivity index (χ0) is 41.1. The Morgan fingerprint density at radius 3 is 1.47 bits per heavy atom. The SMILES string of the molecule is C=CC(=O)OCC(C)(COC(=O)C=C)COC(=O)C(C)Oc1ccc(-c2nc(-c3ccc(-c4ccccc4)cc3)nc(-c3ccc(-c4ccccc4)cc3)n2)c(O)c1. The number of nitrogens with zero attached hydrogens (tertiary/aromatic N) is 3. The first-order valence-corrected chi connectivity index (χ1v) is 18.4. The van der Waals surface area contributed by atoms with Gasteiger partial charge in [-0.3, -0.25) is 0 Å². The lowest BCUT2D eigenvalue weighted by atomic mass is 9.94. The van der Waals surface area contributed by atoms with Crippen LogP contribution in [0.2, 0.25) is 0 Å². The third kappa shape index (κ3) is 10.3. The molecule has 0 fully saturated rings. The van der Waals surface area contributed by atoms with E-state index in [0.717, 1.165) is 45.5 Å². The highest BCUT2D eigenvalue weighted by Crippen LogP contribution is 2.34. The molecule has 1 aromatic heterocycles. The number of hydrogen-bond acceptors (Lipinski definition) is 11. The van der Waals surface area contributed by atoms with Crippen molar-refractivity contribution in [3.05, 3.63) is 153 Å². The lowest BCUT2D eigenvalue weighted by Crippen LogP contribution is -2.38. The zero-order valence-electron chi connectivity index (χ0n) is 32.0. The summed E-state index contributed by atoms with van der Waals surface area (Å²) in [6, 6.07) is 40.4. The summed E-state index contributed by atoms with van der Waals surface area (Å²) in [5, 5.41) is 11.3. The first-order valence-electron chi connectivity index (χ1n) is 18.4. The molecule has 0 spiro atoms. The van der Waals surface area contributed by atoms with E-state index in [1.807, 2.05) is 109 Å². The molecule has 292 valence electrons. The number of phenols is 1. The number of carbonyl (C=O) groups excluding carboxylic acids is 3. The number of benzene rings is 5.